The number of rotatable bonds is 2. The fraction of sp³-hybridized carbons (Fsp3) is 0.429. The highest BCUT2D eigenvalue weighted by Gasteiger charge is 2.43. The van der Waals surface area contributed by atoms with Crippen LogP contribution in [0.4, 0.5) is 39.5 Å². The van der Waals surface area contributed by atoms with Crippen LogP contribution < -0.4 is 0 Å². The van der Waals surface area contributed by atoms with Crippen molar-refractivity contribution in [1.82, 2.24) is 0 Å². The van der Waals surface area contributed by atoms with E-state index in [0.717, 1.165) is 18.2 Å². The lowest BCUT2D eigenvalue weighted by atomic mass is 9.97. The molecular formula is C21H20ClF9. The third-order valence-corrected chi connectivity index (χ3v) is 4.45. The molecule has 0 nitrogen and oxygen atoms in total. The third kappa shape index (κ3) is 7.94. The number of halogens is 10. The summed E-state index contributed by atoms with van der Waals surface area (Å²) in [6.45, 7) is 6.88. The normalized spacial score (nSPS) is 12.8. The van der Waals surface area contributed by atoms with Crippen LogP contribution in [0.2, 0.25) is 5.02 Å². The Balaban J connectivity index is 0.000000316. The van der Waals surface area contributed by atoms with E-state index in [1.54, 1.807) is 19.9 Å². The zero-order valence-corrected chi connectivity index (χ0v) is 17.7. The first-order chi connectivity index (χ1) is 13.8. The zero-order valence-electron chi connectivity index (χ0n) is 16.9. The Labute approximate surface area is 179 Å². The maximum Gasteiger partial charge on any atom is 0.417 e. The smallest absolute Gasteiger partial charge is 0.166 e. The molecule has 2 aromatic carbocycles. The van der Waals surface area contributed by atoms with Crippen LogP contribution >= 0.6 is 11.6 Å². The summed E-state index contributed by atoms with van der Waals surface area (Å²) in [5.41, 5.74) is -3.13. The lowest BCUT2D eigenvalue weighted by Crippen LogP contribution is -2.17. The van der Waals surface area contributed by atoms with Crippen molar-refractivity contribution in [1.29, 1.82) is 0 Å². The van der Waals surface area contributed by atoms with Crippen LogP contribution in [0.25, 0.3) is 0 Å². The number of hydrogen-bond donors (Lipinski definition) is 0. The fourth-order valence-electron chi connectivity index (χ4n) is 2.51. The summed E-state index contributed by atoms with van der Waals surface area (Å²) in [5, 5.41) is 0.128. The summed E-state index contributed by atoms with van der Waals surface area (Å²) in [4.78, 5) is 0. The predicted octanol–water partition coefficient (Wildman–Crippen LogP) is 9.33. The largest absolute Gasteiger partial charge is 0.417 e. The van der Waals surface area contributed by atoms with Crippen molar-refractivity contribution in [2.45, 2.75) is 58.1 Å². The van der Waals surface area contributed by atoms with Gasteiger partial charge in [0.25, 0.3) is 0 Å². The third-order valence-electron chi connectivity index (χ3n) is 4.24. The van der Waals surface area contributed by atoms with Gasteiger partial charge in [0.1, 0.15) is 0 Å². The molecule has 0 aliphatic carbocycles. The molecule has 0 aromatic heterocycles. The highest BCUT2D eigenvalue weighted by Crippen LogP contribution is 2.41. The lowest BCUT2D eigenvalue weighted by molar-refractivity contribution is -0.162. The predicted molar refractivity (Wildman–Crippen MR) is 101 cm³/mol. The Kier molecular flexibility index (Phi) is 8.50. The fourth-order valence-corrected chi connectivity index (χ4v) is 2.76. The highest BCUT2D eigenvalue weighted by molar-refractivity contribution is 6.30. The van der Waals surface area contributed by atoms with Crippen molar-refractivity contribution in [3.8, 4) is 0 Å². The Hall–Kier alpha value is -1.90. The molecule has 0 bridgehead atoms. The van der Waals surface area contributed by atoms with Gasteiger partial charge in [0.2, 0.25) is 0 Å². The van der Waals surface area contributed by atoms with Gasteiger partial charge >= 0.3 is 18.5 Å². The summed E-state index contributed by atoms with van der Waals surface area (Å²) in [6, 6.07) is 5.75. The molecule has 0 N–H and O–H groups in total. The van der Waals surface area contributed by atoms with Gasteiger partial charge in [-0.05, 0) is 53.3 Å². The molecule has 0 fully saturated rings. The molecule has 0 aliphatic rings. The standard InChI is InChI=1S/C11H10F6.C10H10ClF3/c1-6(2)7-3-4-8(10(12,13)14)9(5-7)11(15,16)17;1-6(2)7-3-8(10(12,13)14)5-9(11)4-7/h3-6H,1-2H3;3-6H,1-2H3. The molecule has 31 heavy (non-hydrogen) atoms. The molecule has 0 radical (unpaired) electrons. The second kappa shape index (κ2) is 9.71. The highest BCUT2D eigenvalue weighted by atomic mass is 35.5. The number of benzene rings is 2. The molecule has 0 spiro atoms. The zero-order chi connectivity index (χ0) is 24.4. The molecular weight excluding hydrogens is 459 g/mol. The average Bonchev–Trinajstić information content (AvgIpc) is 2.59. The van der Waals surface area contributed by atoms with Gasteiger partial charge in [0, 0.05) is 5.02 Å². The molecule has 0 saturated carbocycles. The maximum atomic E-state index is 12.5. The van der Waals surface area contributed by atoms with E-state index in [-0.39, 0.29) is 22.4 Å². The first-order valence-electron chi connectivity index (χ1n) is 9.00. The van der Waals surface area contributed by atoms with Gasteiger partial charge in [-0.1, -0.05) is 45.4 Å². The van der Waals surface area contributed by atoms with Gasteiger partial charge in [0.05, 0.1) is 16.7 Å². The van der Waals surface area contributed by atoms with E-state index in [1.165, 1.54) is 0 Å². The van der Waals surface area contributed by atoms with E-state index >= 15 is 0 Å². The van der Waals surface area contributed by atoms with Crippen LogP contribution in [-0.2, 0) is 18.5 Å². The van der Waals surface area contributed by atoms with E-state index in [4.69, 9.17) is 11.6 Å². The monoisotopic (exact) mass is 478 g/mol. The van der Waals surface area contributed by atoms with Gasteiger partial charge in [0.15, 0.2) is 0 Å². The van der Waals surface area contributed by atoms with Crippen molar-refractivity contribution in [2.75, 3.05) is 0 Å². The van der Waals surface area contributed by atoms with Crippen molar-refractivity contribution < 1.29 is 39.5 Å². The van der Waals surface area contributed by atoms with Crippen LogP contribution in [0.1, 0.15) is 67.3 Å². The maximum absolute atomic E-state index is 12.5. The van der Waals surface area contributed by atoms with E-state index in [1.807, 2.05) is 13.8 Å². The van der Waals surface area contributed by atoms with Crippen LogP contribution in [0.15, 0.2) is 36.4 Å². The molecule has 174 valence electrons. The van der Waals surface area contributed by atoms with Crippen LogP contribution in [0.5, 0.6) is 0 Å². The van der Waals surface area contributed by atoms with Crippen molar-refractivity contribution in [2.24, 2.45) is 0 Å². The summed E-state index contributed by atoms with van der Waals surface area (Å²) in [7, 11) is 0. The second-order valence-electron chi connectivity index (χ2n) is 7.38. The average molecular weight is 479 g/mol. The quantitative estimate of drug-likeness (QED) is 0.377. The van der Waals surface area contributed by atoms with Crippen molar-refractivity contribution >= 4 is 11.6 Å². The summed E-state index contributed by atoms with van der Waals surface area (Å²) < 4.78 is 112. The molecule has 0 atom stereocenters. The topological polar surface area (TPSA) is 0 Å². The SMILES string of the molecule is CC(C)c1cc(Cl)cc(C(F)(F)F)c1.CC(C)c1ccc(C(F)(F)F)c(C(F)(F)F)c1. The van der Waals surface area contributed by atoms with Gasteiger partial charge in [-0.15, -0.1) is 0 Å². The first-order valence-corrected chi connectivity index (χ1v) is 9.37. The Morgan fingerprint density at radius 2 is 1.06 bits per heavy atom. The minimum Gasteiger partial charge on any atom is -0.166 e. The Morgan fingerprint density at radius 3 is 1.45 bits per heavy atom. The van der Waals surface area contributed by atoms with Crippen LogP contribution in [0.3, 0.4) is 0 Å². The van der Waals surface area contributed by atoms with Crippen molar-refractivity contribution in [3.63, 3.8) is 0 Å². The summed E-state index contributed by atoms with van der Waals surface area (Å²) in [5.74, 6) is -0.229. The van der Waals surface area contributed by atoms with Crippen LogP contribution in [-0.4, -0.2) is 0 Å². The Bertz CT molecular complexity index is 876. The molecule has 0 amide bonds. The van der Waals surface area contributed by atoms with Gasteiger partial charge < -0.3 is 0 Å². The van der Waals surface area contributed by atoms with E-state index in [2.05, 4.69) is 0 Å². The minimum atomic E-state index is -5.00. The second-order valence-corrected chi connectivity index (χ2v) is 7.82. The molecule has 2 aromatic rings. The molecule has 10 heteroatoms. The number of alkyl halides is 9. The summed E-state index contributed by atoms with van der Waals surface area (Å²) in [6.07, 6.45) is -14.3. The first kappa shape index (κ1) is 27.1. The minimum absolute atomic E-state index is 0.0369. The summed E-state index contributed by atoms with van der Waals surface area (Å²) >= 11 is 5.60. The van der Waals surface area contributed by atoms with Gasteiger partial charge in [-0.25, -0.2) is 0 Å². The lowest BCUT2D eigenvalue weighted by Gasteiger charge is -2.17. The molecule has 0 heterocycles. The van der Waals surface area contributed by atoms with E-state index in [9.17, 15) is 39.5 Å². The molecule has 0 saturated heterocycles. The van der Waals surface area contributed by atoms with Gasteiger partial charge in [-0.2, -0.15) is 39.5 Å². The molecule has 2 rings (SSSR count). The molecule has 0 aliphatic heterocycles. The van der Waals surface area contributed by atoms with Gasteiger partial charge in [-0.3, -0.25) is 0 Å². The number of hydrogen-bond acceptors (Lipinski definition) is 0. The molecule has 0 unspecified atom stereocenters. The van der Waals surface area contributed by atoms with E-state index in [0.29, 0.717) is 17.7 Å². The Morgan fingerprint density at radius 1 is 0.581 bits per heavy atom. The van der Waals surface area contributed by atoms with Crippen LogP contribution in [0, 0.1) is 0 Å². The van der Waals surface area contributed by atoms with Crippen molar-refractivity contribution in [3.05, 3.63) is 69.2 Å². The van der Waals surface area contributed by atoms with E-state index < -0.39 is 35.2 Å².